The number of aromatic nitrogens is 2. The van der Waals surface area contributed by atoms with E-state index in [1.807, 2.05) is 24.1 Å². The van der Waals surface area contributed by atoms with Crippen molar-refractivity contribution in [3.8, 4) is 5.75 Å². The number of hydrogen-bond acceptors (Lipinski definition) is 3. The van der Waals surface area contributed by atoms with Crippen molar-refractivity contribution in [2.75, 3.05) is 13.1 Å². The second-order valence-electron chi connectivity index (χ2n) is 5.85. The summed E-state index contributed by atoms with van der Waals surface area (Å²) in [5.41, 5.74) is 1.74. The fraction of sp³-hybridized carbons (Fsp3) is 0.412. The molecule has 1 aliphatic heterocycles. The molecule has 3 rings (SSSR count). The van der Waals surface area contributed by atoms with Crippen LogP contribution in [0.4, 0.5) is 0 Å². The highest BCUT2D eigenvalue weighted by molar-refractivity contribution is 5.92. The van der Waals surface area contributed by atoms with Crippen LogP contribution in [0.15, 0.2) is 36.8 Å². The Labute approximate surface area is 130 Å². The van der Waals surface area contributed by atoms with Gasteiger partial charge in [-0.15, -0.1) is 0 Å². The molecule has 0 aliphatic carbocycles. The first kappa shape index (κ1) is 14.6. The van der Waals surface area contributed by atoms with E-state index >= 15 is 0 Å². The molecule has 2 heterocycles. The van der Waals surface area contributed by atoms with Crippen molar-refractivity contribution >= 4 is 5.91 Å². The van der Waals surface area contributed by atoms with Crippen molar-refractivity contribution in [3.05, 3.63) is 48.0 Å². The van der Waals surface area contributed by atoms with Gasteiger partial charge in [0, 0.05) is 39.2 Å². The number of carbonyl (C=O) groups excluding carboxylic acids is 1. The summed E-state index contributed by atoms with van der Waals surface area (Å²) in [5, 5.41) is 0. The van der Waals surface area contributed by atoms with Crippen molar-refractivity contribution in [3.63, 3.8) is 0 Å². The fourth-order valence-electron chi connectivity index (χ4n) is 2.67. The Morgan fingerprint density at radius 2 is 1.91 bits per heavy atom. The largest absolute Gasteiger partial charge is 0.490 e. The summed E-state index contributed by atoms with van der Waals surface area (Å²) in [7, 11) is 1.87. The van der Waals surface area contributed by atoms with Crippen molar-refractivity contribution < 1.29 is 9.53 Å². The van der Waals surface area contributed by atoms with E-state index in [2.05, 4.69) is 24.0 Å². The van der Waals surface area contributed by atoms with Gasteiger partial charge in [0.15, 0.2) is 0 Å². The molecular weight excluding hydrogens is 278 g/mol. The van der Waals surface area contributed by atoms with E-state index in [9.17, 15) is 4.79 Å². The van der Waals surface area contributed by atoms with E-state index in [0.29, 0.717) is 18.8 Å². The lowest BCUT2D eigenvalue weighted by Gasteiger charge is -2.31. The third-order valence-electron chi connectivity index (χ3n) is 3.98. The van der Waals surface area contributed by atoms with Crippen LogP contribution in [0.3, 0.4) is 0 Å². The van der Waals surface area contributed by atoms with Crippen molar-refractivity contribution in [2.24, 2.45) is 7.05 Å². The number of aryl methyl sites for hydroxylation is 2. The molecule has 0 unspecified atom stereocenters. The Balaban J connectivity index is 1.54. The van der Waals surface area contributed by atoms with E-state index in [4.69, 9.17) is 4.74 Å². The van der Waals surface area contributed by atoms with Crippen LogP contribution in [-0.4, -0.2) is 39.6 Å². The van der Waals surface area contributed by atoms with Crippen LogP contribution in [0.1, 0.15) is 28.9 Å². The number of rotatable bonds is 3. The Morgan fingerprint density at radius 3 is 2.50 bits per heavy atom. The Kier molecular flexibility index (Phi) is 4.13. The molecule has 1 aromatic heterocycles. The first-order valence-electron chi connectivity index (χ1n) is 7.62. The van der Waals surface area contributed by atoms with Crippen LogP contribution in [0.5, 0.6) is 5.75 Å². The second-order valence-corrected chi connectivity index (χ2v) is 5.85. The summed E-state index contributed by atoms with van der Waals surface area (Å²) in [5.74, 6) is 0.912. The van der Waals surface area contributed by atoms with Gasteiger partial charge in [-0.2, -0.15) is 0 Å². The molecule has 1 saturated heterocycles. The summed E-state index contributed by atoms with van der Waals surface area (Å²) in [4.78, 5) is 18.3. The van der Waals surface area contributed by atoms with Gasteiger partial charge >= 0.3 is 0 Å². The smallest absolute Gasteiger partial charge is 0.274 e. The molecule has 0 bridgehead atoms. The third kappa shape index (κ3) is 3.30. The Morgan fingerprint density at radius 1 is 1.23 bits per heavy atom. The van der Waals surface area contributed by atoms with Crippen LogP contribution >= 0.6 is 0 Å². The molecule has 0 saturated carbocycles. The molecule has 1 amide bonds. The molecule has 5 nitrogen and oxygen atoms in total. The number of amides is 1. The number of hydrogen-bond donors (Lipinski definition) is 0. The topological polar surface area (TPSA) is 47.4 Å². The maximum atomic E-state index is 12.3. The zero-order valence-electron chi connectivity index (χ0n) is 13.0. The predicted molar refractivity (Wildman–Crippen MR) is 83.9 cm³/mol. The minimum atomic E-state index is 0.00869. The summed E-state index contributed by atoms with van der Waals surface area (Å²) >= 11 is 0. The molecule has 0 radical (unpaired) electrons. The highest BCUT2D eigenvalue weighted by atomic mass is 16.5. The highest BCUT2D eigenvalue weighted by Gasteiger charge is 2.25. The van der Waals surface area contributed by atoms with Gasteiger partial charge in [0.25, 0.3) is 5.91 Å². The van der Waals surface area contributed by atoms with Crippen LogP contribution in [0.25, 0.3) is 0 Å². The van der Waals surface area contributed by atoms with Crippen LogP contribution < -0.4 is 4.74 Å². The summed E-state index contributed by atoms with van der Waals surface area (Å²) in [6.45, 7) is 3.49. The lowest BCUT2D eigenvalue weighted by atomic mass is 10.1. The molecule has 0 N–H and O–H groups in total. The van der Waals surface area contributed by atoms with E-state index in [1.165, 1.54) is 5.56 Å². The summed E-state index contributed by atoms with van der Waals surface area (Å²) in [6.07, 6.45) is 5.30. The molecule has 1 aliphatic rings. The minimum absolute atomic E-state index is 0.00869. The van der Waals surface area contributed by atoms with Gasteiger partial charge in [0.1, 0.15) is 17.5 Å². The molecular formula is C17H21N3O2. The van der Waals surface area contributed by atoms with Gasteiger partial charge in [0.05, 0.1) is 6.33 Å². The van der Waals surface area contributed by atoms with Gasteiger partial charge in [0.2, 0.25) is 0 Å². The normalized spacial score (nSPS) is 15.8. The van der Waals surface area contributed by atoms with Crippen LogP contribution in [0.2, 0.25) is 0 Å². The van der Waals surface area contributed by atoms with Gasteiger partial charge in [-0.3, -0.25) is 4.79 Å². The zero-order chi connectivity index (χ0) is 15.5. The average molecular weight is 299 g/mol. The zero-order valence-corrected chi connectivity index (χ0v) is 13.0. The second kappa shape index (κ2) is 6.22. The Hall–Kier alpha value is -2.30. The number of benzene rings is 1. The number of ether oxygens (including phenoxy) is 1. The molecule has 22 heavy (non-hydrogen) atoms. The molecule has 2 aromatic rings. The summed E-state index contributed by atoms with van der Waals surface area (Å²) < 4.78 is 7.78. The highest BCUT2D eigenvalue weighted by Crippen LogP contribution is 2.20. The average Bonchev–Trinajstić information content (AvgIpc) is 2.96. The third-order valence-corrected chi connectivity index (χ3v) is 3.98. The quantitative estimate of drug-likeness (QED) is 0.874. The number of likely N-dealkylation sites (tertiary alicyclic amines) is 1. The first-order chi connectivity index (χ1) is 10.6. The molecule has 0 atom stereocenters. The fourth-order valence-corrected chi connectivity index (χ4v) is 2.67. The number of imidazole rings is 1. The standard InChI is InChI=1S/C17H21N3O2/c1-13-3-5-14(6-4-13)22-15-7-9-20(10-8-15)17(21)16-11-19(2)12-18-16/h3-6,11-12,15H,7-10H2,1-2H3. The molecule has 1 fully saturated rings. The maximum Gasteiger partial charge on any atom is 0.274 e. The molecule has 116 valence electrons. The van der Waals surface area contributed by atoms with Crippen molar-refractivity contribution in [2.45, 2.75) is 25.9 Å². The van der Waals surface area contributed by atoms with Gasteiger partial charge in [-0.25, -0.2) is 4.98 Å². The lowest BCUT2D eigenvalue weighted by Crippen LogP contribution is -2.41. The SMILES string of the molecule is Cc1ccc(OC2CCN(C(=O)c3cn(C)cn3)CC2)cc1. The lowest BCUT2D eigenvalue weighted by molar-refractivity contribution is 0.0590. The summed E-state index contributed by atoms with van der Waals surface area (Å²) in [6, 6.07) is 8.10. The van der Waals surface area contributed by atoms with E-state index in [1.54, 1.807) is 17.1 Å². The van der Waals surface area contributed by atoms with Gasteiger partial charge in [-0.1, -0.05) is 17.7 Å². The van der Waals surface area contributed by atoms with Gasteiger partial charge < -0.3 is 14.2 Å². The minimum Gasteiger partial charge on any atom is -0.490 e. The number of carbonyl (C=O) groups is 1. The van der Waals surface area contributed by atoms with E-state index in [-0.39, 0.29) is 12.0 Å². The van der Waals surface area contributed by atoms with Crippen molar-refractivity contribution in [1.29, 1.82) is 0 Å². The maximum absolute atomic E-state index is 12.3. The number of piperidine rings is 1. The monoisotopic (exact) mass is 299 g/mol. The molecule has 1 aromatic carbocycles. The molecule has 0 spiro atoms. The predicted octanol–water partition coefficient (Wildman–Crippen LogP) is 2.41. The van der Waals surface area contributed by atoms with Crippen LogP contribution in [-0.2, 0) is 7.05 Å². The van der Waals surface area contributed by atoms with Gasteiger partial charge in [-0.05, 0) is 19.1 Å². The first-order valence-corrected chi connectivity index (χ1v) is 7.62. The van der Waals surface area contributed by atoms with Crippen molar-refractivity contribution in [1.82, 2.24) is 14.5 Å². The Bertz CT molecular complexity index is 640. The molecule has 5 heteroatoms. The van der Waals surface area contributed by atoms with E-state index < -0.39 is 0 Å². The number of nitrogens with zero attached hydrogens (tertiary/aromatic N) is 3. The van der Waals surface area contributed by atoms with E-state index in [0.717, 1.165) is 18.6 Å². The van der Waals surface area contributed by atoms with Crippen LogP contribution in [0, 0.1) is 6.92 Å².